The van der Waals surface area contributed by atoms with E-state index in [1.807, 2.05) is 26.0 Å². The summed E-state index contributed by atoms with van der Waals surface area (Å²) in [7, 11) is 0. The number of carbonyl (C=O) groups excluding carboxylic acids is 3. The molecule has 0 saturated carbocycles. The number of hydrogen-bond donors (Lipinski definition) is 2. The molecule has 37 heavy (non-hydrogen) atoms. The zero-order chi connectivity index (χ0) is 26.9. The van der Waals surface area contributed by atoms with E-state index in [4.69, 9.17) is 4.74 Å². The number of aryl methyl sites for hydroxylation is 2. The number of esters is 1. The predicted molar refractivity (Wildman–Crippen MR) is 143 cm³/mol. The minimum absolute atomic E-state index is 0.0470. The number of aromatic nitrogens is 2. The van der Waals surface area contributed by atoms with Crippen molar-refractivity contribution >= 4 is 45.5 Å². The molecule has 0 spiro atoms. The van der Waals surface area contributed by atoms with Crippen LogP contribution < -0.4 is 16.2 Å². The van der Waals surface area contributed by atoms with Crippen LogP contribution in [0.5, 0.6) is 0 Å². The zero-order valence-corrected chi connectivity index (χ0v) is 21.9. The van der Waals surface area contributed by atoms with Gasteiger partial charge in [0, 0.05) is 23.1 Å². The van der Waals surface area contributed by atoms with Crippen LogP contribution in [0.2, 0.25) is 0 Å². The van der Waals surface area contributed by atoms with E-state index < -0.39 is 23.3 Å². The number of thiazole rings is 1. The number of rotatable bonds is 6. The van der Waals surface area contributed by atoms with E-state index in [2.05, 4.69) is 15.6 Å². The molecule has 0 fully saturated rings. The first-order valence-corrected chi connectivity index (χ1v) is 12.4. The summed E-state index contributed by atoms with van der Waals surface area (Å²) in [4.78, 5) is 56.4. The van der Waals surface area contributed by atoms with Gasteiger partial charge in [-0.05, 0) is 76.1 Å². The van der Waals surface area contributed by atoms with E-state index in [0.29, 0.717) is 22.6 Å². The van der Waals surface area contributed by atoms with Crippen molar-refractivity contribution in [2.24, 2.45) is 0 Å². The molecular formula is C27H26N4O5S. The Labute approximate surface area is 217 Å². The highest BCUT2D eigenvalue weighted by atomic mass is 32.1. The summed E-state index contributed by atoms with van der Waals surface area (Å²) >= 11 is 0.958. The van der Waals surface area contributed by atoms with Crippen molar-refractivity contribution in [2.75, 3.05) is 10.6 Å². The van der Waals surface area contributed by atoms with Gasteiger partial charge in [-0.15, -0.1) is 0 Å². The van der Waals surface area contributed by atoms with E-state index in [9.17, 15) is 19.2 Å². The third kappa shape index (κ3) is 5.44. The number of nitrogens with one attached hydrogen (secondary N) is 2. The first-order chi connectivity index (χ1) is 17.5. The van der Waals surface area contributed by atoms with Crippen molar-refractivity contribution in [1.29, 1.82) is 0 Å². The number of benzene rings is 2. The lowest BCUT2D eigenvalue weighted by Crippen LogP contribution is -2.25. The number of anilines is 2. The van der Waals surface area contributed by atoms with Crippen LogP contribution in [0.25, 0.3) is 4.96 Å². The molecule has 10 heteroatoms. The van der Waals surface area contributed by atoms with Gasteiger partial charge in [0.25, 0.3) is 17.4 Å². The van der Waals surface area contributed by atoms with Crippen LogP contribution in [0.3, 0.4) is 0 Å². The lowest BCUT2D eigenvalue weighted by molar-refractivity contribution is 0.0377. The summed E-state index contributed by atoms with van der Waals surface area (Å²) in [6, 6.07) is 13.0. The topological polar surface area (TPSA) is 119 Å². The maximum atomic E-state index is 13.4. The summed E-state index contributed by atoms with van der Waals surface area (Å²) in [5, 5.41) is 5.57. The molecule has 0 aliphatic rings. The Bertz CT molecular complexity index is 1590. The number of nitrogens with zero attached hydrogens (tertiary/aromatic N) is 2. The fourth-order valence-electron chi connectivity index (χ4n) is 3.67. The molecule has 2 aromatic carbocycles. The molecule has 190 valence electrons. The number of amides is 2. The first-order valence-electron chi connectivity index (χ1n) is 11.6. The molecule has 4 rings (SSSR count). The molecule has 2 aromatic heterocycles. The van der Waals surface area contributed by atoms with Gasteiger partial charge in [0.1, 0.15) is 10.6 Å². The van der Waals surface area contributed by atoms with Gasteiger partial charge in [-0.2, -0.15) is 0 Å². The molecule has 9 nitrogen and oxygen atoms in total. The van der Waals surface area contributed by atoms with E-state index in [1.54, 1.807) is 39.0 Å². The van der Waals surface area contributed by atoms with Crippen LogP contribution in [-0.4, -0.2) is 33.3 Å². The Balaban J connectivity index is 1.70. The van der Waals surface area contributed by atoms with Crippen LogP contribution in [-0.2, 0) is 4.74 Å². The fourth-order valence-corrected chi connectivity index (χ4v) is 4.74. The van der Waals surface area contributed by atoms with Crippen LogP contribution in [0.4, 0.5) is 11.4 Å². The van der Waals surface area contributed by atoms with Crippen molar-refractivity contribution < 1.29 is 19.1 Å². The van der Waals surface area contributed by atoms with E-state index in [0.717, 1.165) is 26.9 Å². The second-order valence-corrected chi connectivity index (χ2v) is 9.80. The highest BCUT2D eigenvalue weighted by Crippen LogP contribution is 2.25. The molecule has 0 unspecified atom stereocenters. The minimum Gasteiger partial charge on any atom is -0.459 e. The van der Waals surface area contributed by atoms with Crippen molar-refractivity contribution in [2.45, 2.75) is 40.7 Å². The van der Waals surface area contributed by atoms with Gasteiger partial charge >= 0.3 is 5.97 Å². The van der Waals surface area contributed by atoms with Crippen molar-refractivity contribution in [3.63, 3.8) is 0 Å². The largest absolute Gasteiger partial charge is 0.459 e. The normalized spacial score (nSPS) is 11.0. The Morgan fingerprint density at radius 1 is 0.973 bits per heavy atom. The third-order valence-corrected chi connectivity index (χ3v) is 6.68. The molecule has 4 aromatic rings. The molecule has 0 bridgehead atoms. The van der Waals surface area contributed by atoms with Gasteiger partial charge in [0.05, 0.1) is 11.7 Å². The zero-order valence-electron chi connectivity index (χ0n) is 21.0. The summed E-state index contributed by atoms with van der Waals surface area (Å²) in [6.07, 6.45) is -0.262. The molecule has 0 aliphatic carbocycles. The lowest BCUT2D eigenvalue weighted by atomic mass is 10.1. The second-order valence-electron chi connectivity index (χ2n) is 8.82. The maximum Gasteiger partial charge on any atom is 0.338 e. The average Bonchev–Trinajstić information content (AvgIpc) is 3.22. The first kappa shape index (κ1) is 25.8. The highest BCUT2D eigenvalue weighted by Gasteiger charge is 2.27. The number of fused-ring (bicyclic) bond motifs is 1. The van der Waals surface area contributed by atoms with Crippen LogP contribution in [0.1, 0.15) is 61.2 Å². The van der Waals surface area contributed by atoms with Crippen LogP contribution in [0, 0.1) is 20.8 Å². The Hall–Kier alpha value is -4.31. The van der Waals surface area contributed by atoms with E-state index >= 15 is 0 Å². The van der Waals surface area contributed by atoms with Gasteiger partial charge in [0.2, 0.25) is 0 Å². The molecular weight excluding hydrogens is 492 g/mol. The highest BCUT2D eigenvalue weighted by molar-refractivity contribution is 7.19. The smallest absolute Gasteiger partial charge is 0.338 e. The number of ether oxygens (including phenoxy) is 1. The van der Waals surface area contributed by atoms with Gasteiger partial charge in [-0.1, -0.05) is 23.5 Å². The SMILES string of the molecule is Cc1cc(=O)n2c(C(=O)Nc3ccc(C(=O)OC(C)C)cc3)c(C(=O)Nc3cccc(C)c3C)sc2n1. The molecule has 0 saturated heterocycles. The Morgan fingerprint density at radius 3 is 2.35 bits per heavy atom. The Morgan fingerprint density at radius 2 is 1.68 bits per heavy atom. The molecule has 0 radical (unpaired) electrons. The van der Waals surface area contributed by atoms with E-state index in [-0.39, 0.29) is 21.6 Å². The summed E-state index contributed by atoms with van der Waals surface area (Å²) in [5.41, 5.74) is 3.09. The van der Waals surface area contributed by atoms with Crippen LogP contribution >= 0.6 is 11.3 Å². The van der Waals surface area contributed by atoms with Gasteiger partial charge in [-0.3, -0.25) is 14.4 Å². The second kappa shape index (κ2) is 10.4. The fraction of sp³-hybridized carbons (Fsp3) is 0.222. The molecule has 0 atom stereocenters. The molecule has 2 N–H and O–H groups in total. The van der Waals surface area contributed by atoms with Crippen molar-refractivity contribution in [3.8, 4) is 0 Å². The quantitative estimate of drug-likeness (QED) is 0.356. The summed E-state index contributed by atoms with van der Waals surface area (Å²) in [5.74, 6) is -1.67. The monoisotopic (exact) mass is 518 g/mol. The average molecular weight is 519 g/mol. The van der Waals surface area contributed by atoms with Crippen molar-refractivity contribution in [3.05, 3.63) is 91.8 Å². The summed E-state index contributed by atoms with van der Waals surface area (Å²) < 4.78 is 6.32. The van der Waals surface area contributed by atoms with Crippen molar-refractivity contribution in [1.82, 2.24) is 9.38 Å². The predicted octanol–water partition coefficient (Wildman–Crippen LogP) is 4.75. The van der Waals surface area contributed by atoms with Gasteiger partial charge in [0.15, 0.2) is 4.96 Å². The van der Waals surface area contributed by atoms with Crippen LogP contribution in [0.15, 0.2) is 53.3 Å². The standard InChI is InChI=1S/C27H26N4O5S/c1-14(2)36-26(35)18-9-11-19(12-10-18)29-24(33)22-23(37-27-28-16(4)13-21(32)31(22)27)25(34)30-20-8-6-7-15(3)17(20)5/h6-14H,1-5H3,(H,29,33)(H,30,34). The minimum atomic E-state index is -0.664. The molecule has 2 amide bonds. The third-order valence-electron chi connectivity index (χ3n) is 5.64. The number of carbonyl (C=O) groups is 3. The number of hydrogen-bond acceptors (Lipinski definition) is 7. The maximum absolute atomic E-state index is 13.4. The summed E-state index contributed by atoms with van der Waals surface area (Å²) in [6.45, 7) is 9.00. The molecule has 2 heterocycles. The molecule has 0 aliphatic heterocycles. The lowest BCUT2D eigenvalue weighted by Gasteiger charge is -2.11. The van der Waals surface area contributed by atoms with Gasteiger partial charge < -0.3 is 15.4 Å². The van der Waals surface area contributed by atoms with Gasteiger partial charge in [-0.25, -0.2) is 14.2 Å². The van der Waals surface area contributed by atoms with E-state index in [1.165, 1.54) is 18.2 Å². The Kier molecular flexibility index (Phi) is 7.21.